The Labute approximate surface area is 182 Å². The third-order valence-electron chi connectivity index (χ3n) is 5.32. The van der Waals surface area contributed by atoms with Gasteiger partial charge in [0.1, 0.15) is 5.75 Å². The van der Waals surface area contributed by atoms with E-state index in [0.717, 1.165) is 19.9 Å². The molecular weight excluding hydrogens is 383 g/mol. The molecule has 1 nitrogen and oxygen atoms in total. The summed E-state index contributed by atoms with van der Waals surface area (Å²) in [7, 11) is 1.16. The van der Waals surface area contributed by atoms with Crippen molar-refractivity contribution in [2.75, 3.05) is 12.8 Å². The van der Waals surface area contributed by atoms with Gasteiger partial charge < -0.3 is 4.74 Å². The fourth-order valence-corrected chi connectivity index (χ4v) is 4.47. The lowest BCUT2D eigenvalue weighted by molar-refractivity contribution is 0.480. The average Bonchev–Trinajstić information content (AvgIpc) is 2.78. The summed E-state index contributed by atoms with van der Waals surface area (Å²) in [5, 5.41) is 5.02. The largest absolute Gasteiger partial charge is 0.465 e. The van der Waals surface area contributed by atoms with Crippen LogP contribution in [-0.2, 0) is 0 Å². The van der Waals surface area contributed by atoms with Crippen molar-refractivity contribution in [3.63, 3.8) is 0 Å². The first-order valence-corrected chi connectivity index (χ1v) is 12.3. The maximum Gasteiger partial charge on any atom is 0.130 e. The van der Waals surface area contributed by atoms with Crippen LogP contribution in [0.2, 0.25) is 0 Å². The fraction of sp³-hybridized carbons (Fsp3) is 0.214. The van der Waals surface area contributed by atoms with E-state index in [2.05, 4.69) is 87.8 Å². The van der Waals surface area contributed by atoms with Gasteiger partial charge in [0.15, 0.2) is 0 Å². The molecule has 0 saturated carbocycles. The van der Waals surface area contributed by atoms with Crippen LogP contribution in [0, 0.1) is 6.92 Å². The molecule has 1 unspecified atom stereocenters. The molecule has 0 amide bonds. The highest BCUT2D eigenvalue weighted by Gasteiger charge is 2.13. The topological polar surface area (TPSA) is 9.23 Å². The quantitative estimate of drug-likeness (QED) is 0.133. The van der Waals surface area contributed by atoms with Crippen LogP contribution in [-0.4, -0.2) is 12.8 Å². The standard InChI is InChI=1S/C23H18O.C5H13P/c1-3-24-22-14-8-13-19(16(22)2)23-20-11-6-4-9-17(20)15-18-10-5-7-12-21(18)23;1-3-4-5-6-2/h3-15H,1H2,2H3;6H,3-5H2,1-2H3. The lowest BCUT2D eigenvalue weighted by atomic mass is 9.90. The van der Waals surface area contributed by atoms with Crippen LogP contribution in [0.3, 0.4) is 0 Å². The van der Waals surface area contributed by atoms with E-state index in [4.69, 9.17) is 4.74 Å². The van der Waals surface area contributed by atoms with Crippen molar-refractivity contribution in [1.29, 1.82) is 0 Å². The maximum atomic E-state index is 5.59. The molecular formula is C28H31OP. The molecule has 0 spiro atoms. The minimum atomic E-state index is 0.847. The highest BCUT2D eigenvalue weighted by molar-refractivity contribution is 7.36. The molecule has 0 heterocycles. The van der Waals surface area contributed by atoms with Crippen LogP contribution in [0.1, 0.15) is 25.3 Å². The Morgan fingerprint density at radius 2 is 1.53 bits per heavy atom. The van der Waals surface area contributed by atoms with Crippen LogP contribution in [0.5, 0.6) is 5.75 Å². The van der Waals surface area contributed by atoms with Gasteiger partial charge in [-0.3, -0.25) is 0 Å². The second-order valence-electron chi connectivity index (χ2n) is 7.36. The number of hydrogen-bond acceptors (Lipinski definition) is 1. The first kappa shape index (κ1) is 22.1. The summed E-state index contributed by atoms with van der Waals surface area (Å²) in [6.07, 6.45) is 5.71. The second kappa shape index (κ2) is 11.0. The predicted molar refractivity (Wildman–Crippen MR) is 136 cm³/mol. The van der Waals surface area contributed by atoms with E-state index >= 15 is 0 Å². The van der Waals surface area contributed by atoms with Crippen molar-refractivity contribution in [2.45, 2.75) is 26.7 Å². The molecule has 0 bridgehead atoms. The van der Waals surface area contributed by atoms with Gasteiger partial charge in [0.2, 0.25) is 0 Å². The smallest absolute Gasteiger partial charge is 0.130 e. The minimum absolute atomic E-state index is 0.847. The van der Waals surface area contributed by atoms with Crippen molar-refractivity contribution in [2.24, 2.45) is 0 Å². The third kappa shape index (κ3) is 4.91. The lowest BCUT2D eigenvalue weighted by Gasteiger charge is -2.15. The Balaban J connectivity index is 0.000000377. The number of rotatable bonds is 6. The maximum absolute atomic E-state index is 5.59. The molecule has 1 atom stereocenters. The van der Waals surface area contributed by atoms with E-state index < -0.39 is 0 Å². The number of fused-ring (bicyclic) bond motifs is 2. The molecule has 154 valence electrons. The van der Waals surface area contributed by atoms with Gasteiger partial charge >= 0.3 is 0 Å². The molecule has 4 aromatic rings. The van der Waals surface area contributed by atoms with E-state index in [1.165, 1.54) is 57.9 Å². The SMILES string of the molecule is C=COc1cccc(-c2c3ccccc3cc3ccccc23)c1C.CCCCPC. The summed E-state index contributed by atoms with van der Waals surface area (Å²) in [5.74, 6) is 0.847. The Kier molecular flexibility index (Phi) is 8.05. The molecule has 0 radical (unpaired) electrons. The van der Waals surface area contributed by atoms with Crippen molar-refractivity contribution in [3.8, 4) is 16.9 Å². The summed E-state index contributed by atoms with van der Waals surface area (Å²) in [6.45, 7) is 10.3. The zero-order valence-corrected chi connectivity index (χ0v) is 19.2. The third-order valence-corrected chi connectivity index (χ3v) is 6.17. The van der Waals surface area contributed by atoms with Gasteiger partial charge in [-0.05, 0) is 76.5 Å². The summed E-state index contributed by atoms with van der Waals surface area (Å²) in [6, 6.07) is 25.5. The second-order valence-corrected chi connectivity index (χ2v) is 8.57. The van der Waals surface area contributed by atoms with Gasteiger partial charge in [-0.2, -0.15) is 0 Å². The Bertz CT molecular complexity index is 1070. The van der Waals surface area contributed by atoms with Crippen LogP contribution < -0.4 is 4.74 Å². The molecule has 0 aliphatic heterocycles. The van der Waals surface area contributed by atoms with E-state index in [1.54, 1.807) is 0 Å². The molecule has 0 fully saturated rings. The monoisotopic (exact) mass is 414 g/mol. The van der Waals surface area contributed by atoms with E-state index in [9.17, 15) is 0 Å². The molecule has 0 aliphatic rings. The van der Waals surface area contributed by atoms with Crippen molar-refractivity contribution >= 4 is 30.1 Å². The molecule has 4 rings (SSSR count). The van der Waals surface area contributed by atoms with Crippen molar-refractivity contribution in [3.05, 3.63) is 91.2 Å². The minimum Gasteiger partial charge on any atom is -0.465 e. The van der Waals surface area contributed by atoms with Crippen LogP contribution in [0.15, 0.2) is 85.6 Å². The summed E-state index contributed by atoms with van der Waals surface area (Å²) in [4.78, 5) is 0. The molecule has 4 aromatic carbocycles. The molecule has 2 heteroatoms. The Hall–Kier alpha value is -2.63. The van der Waals surface area contributed by atoms with E-state index in [-0.39, 0.29) is 0 Å². The summed E-state index contributed by atoms with van der Waals surface area (Å²) in [5.41, 5.74) is 3.58. The van der Waals surface area contributed by atoms with Gasteiger partial charge in [-0.15, -0.1) is 8.58 Å². The first-order valence-electron chi connectivity index (χ1n) is 10.6. The fourth-order valence-electron chi connectivity index (χ4n) is 3.76. The molecule has 0 aliphatic carbocycles. The zero-order chi connectivity index (χ0) is 21.3. The van der Waals surface area contributed by atoms with Gasteiger partial charge in [0, 0.05) is 0 Å². The van der Waals surface area contributed by atoms with Gasteiger partial charge in [0.25, 0.3) is 0 Å². The predicted octanol–water partition coefficient (Wildman–Crippen LogP) is 8.59. The molecule has 0 aromatic heterocycles. The van der Waals surface area contributed by atoms with Crippen LogP contribution >= 0.6 is 8.58 Å². The van der Waals surface area contributed by atoms with Crippen LogP contribution in [0.4, 0.5) is 0 Å². The average molecular weight is 415 g/mol. The zero-order valence-electron chi connectivity index (χ0n) is 18.2. The lowest BCUT2D eigenvalue weighted by Crippen LogP contribution is -1.91. The molecule has 0 N–H and O–H groups in total. The van der Waals surface area contributed by atoms with Crippen molar-refractivity contribution < 1.29 is 4.74 Å². The summed E-state index contributed by atoms with van der Waals surface area (Å²) < 4.78 is 5.59. The summed E-state index contributed by atoms with van der Waals surface area (Å²) >= 11 is 0. The van der Waals surface area contributed by atoms with Gasteiger partial charge in [-0.1, -0.05) is 80.6 Å². The highest BCUT2D eigenvalue weighted by Crippen LogP contribution is 2.39. The first-order chi connectivity index (χ1) is 14.7. The number of benzene rings is 4. The Morgan fingerprint density at radius 1 is 0.900 bits per heavy atom. The van der Waals surface area contributed by atoms with E-state index in [0.29, 0.717) is 0 Å². The Morgan fingerprint density at radius 3 is 2.07 bits per heavy atom. The normalized spacial score (nSPS) is 10.9. The van der Waals surface area contributed by atoms with Crippen molar-refractivity contribution in [1.82, 2.24) is 0 Å². The van der Waals surface area contributed by atoms with Gasteiger partial charge in [-0.25, -0.2) is 0 Å². The highest BCUT2D eigenvalue weighted by atomic mass is 31.1. The van der Waals surface area contributed by atoms with Gasteiger partial charge in [0.05, 0.1) is 6.26 Å². The van der Waals surface area contributed by atoms with E-state index in [1.807, 2.05) is 12.1 Å². The number of ether oxygens (including phenoxy) is 1. The molecule has 30 heavy (non-hydrogen) atoms. The molecule has 0 saturated heterocycles. The number of hydrogen-bond donors (Lipinski definition) is 0. The van der Waals surface area contributed by atoms with Crippen LogP contribution in [0.25, 0.3) is 32.7 Å². The number of unbranched alkanes of at least 4 members (excludes halogenated alkanes) is 1.